The zero-order chi connectivity index (χ0) is 13.7. The van der Waals surface area contributed by atoms with Gasteiger partial charge in [-0.15, -0.1) is 0 Å². The predicted molar refractivity (Wildman–Crippen MR) is 70.8 cm³/mol. The summed E-state index contributed by atoms with van der Waals surface area (Å²) >= 11 is 0. The molecule has 4 N–H and O–H groups in total. The first-order valence-corrected chi connectivity index (χ1v) is 6.76. The minimum Gasteiger partial charge on any atom is -0.352 e. The van der Waals surface area contributed by atoms with Crippen LogP contribution in [0.25, 0.3) is 0 Å². The molecule has 0 spiro atoms. The molecule has 0 saturated heterocycles. The van der Waals surface area contributed by atoms with Crippen molar-refractivity contribution in [2.45, 2.75) is 64.6 Å². The third-order valence-corrected chi connectivity index (χ3v) is 3.27. The molecule has 2 amide bonds. The molecule has 0 heterocycles. The second-order valence-corrected chi connectivity index (χ2v) is 5.52. The summed E-state index contributed by atoms with van der Waals surface area (Å²) < 4.78 is 0. The molecule has 3 unspecified atom stereocenters. The Morgan fingerprint density at radius 3 is 2.39 bits per heavy atom. The molecule has 0 radical (unpaired) electrons. The van der Waals surface area contributed by atoms with Crippen LogP contribution in [0.1, 0.15) is 46.5 Å². The van der Waals surface area contributed by atoms with E-state index in [1.807, 2.05) is 13.8 Å². The molecular weight excluding hydrogens is 230 g/mol. The van der Waals surface area contributed by atoms with Gasteiger partial charge < -0.3 is 16.4 Å². The maximum atomic E-state index is 12.0. The van der Waals surface area contributed by atoms with Gasteiger partial charge in [0.05, 0.1) is 0 Å². The molecule has 0 aromatic rings. The molecule has 1 saturated carbocycles. The van der Waals surface area contributed by atoms with E-state index in [0.717, 1.165) is 25.7 Å². The third kappa shape index (κ3) is 4.64. The Hall–Kier alpha value is -1.10. The van der Waals surface area contributed by atoms with Gasteiger partial charge in [0, 0.05) is 18.0 Å². The molecule has 18 heavy (non-hydrogen) atoms. The van der Waals surface area contributed by atoms with Crippen LogP contribution in [-0.2, 0) is 9.59 Å². The summed E-state index contributed by atoms with van der Waals surface area (Å²) in [7, 11) is 0. The monoisotopic (exact) mass is 255 g/mol. The number of hydrogen-bond acceptors (Lipinski definition) is 3. The average molecular weight is 255 g/mol. The van der Waals surface area contributed by atoms with Gasteiger partial charge in [-0.1, -0.05) is 6.42 Å². The van der Waals surface area contributed by atoms with Crippen molar-refractivity contribution in [3.8, 4) is 0 Å². The standard InChI is InChI=1S/C13H25N3O2/c1-8(2)15-12(17)9(3)16-13(18)10-5-4-6-11(14)7-10/h8-11H,4-7,14H2,1-3H3,(H,15,17)(H,16,18). The number of nitrogens with one attached hydrogen (secondary N) is 2. The minimum absolute atomic E-state index is 0.0388. The Labute approximate surface area is 109 Å². The van der Waals surface area contributed by atoms with Gasteiger partial charge in [-0.25, -0.2) is 0 Å². The number of rotatable bonds is 4. The van der Waals surface area contributed by atoms with Crippen LogP contribution >= 0.6 is 0 Å². The summed E-state index contributed by atoms with van der Waals surface area (Å²) in [5.41, 5.74) is 5.86. The fraction of sp³-hybridized carbons (Fsp3) is 0.846. The van der Waals surface area contributed by atoms with E-state index in [2.05, 4.69) is 10.6 Å². The molecule has 0 aromatic heterocycles. The molecule has 0 aromatic carbocycles. The molecule has 1 rings (SSSR count). The van der Waals surface area contributed by atoms with Crippen LogP contribution < -0.4 is 16.4 Å². The summed E-state index contributed by atoms with van der Waals surface area (Å²) in [6.07, 6.45) is 3.58. The molecule has 1 aliphatic rings. The highest BCUT2D eigenvalue weighted by Gasteiger charge is 2.27. The Morgan fingerprint density at radius 2 is 1.83 bits per heavy atom. The van der Waals surface area contributed by atoms with Crippen molar-refractivity contribution in [1.29, 1.82) is 0 Å². The Bertz CT molecular complexity index is 305. The molecule has 1 fully saturated rings. The summed E-state index contributed by atoms with van der Waals surface area (Å²) in [6.45, 7) is 5.50. The van der Waals surface area contributed by atoms with Gasteiger partial charge in [-0.05, 0) is 40.0 Å². The highest BCUT2D eigenvalue weighted by Crippen LogP contribution is 2.23. The van der Waals surface area contributed by atoms with Crippen LogP contribution in [0.15, 0.2) is 0 Å². The van der Waals surface area contributed by atoms with Crippen LogP contribution in [0.2, 0.25) is 0 Å². The van der Waals surface area contributed by atoms with Gasteiger partial charge in [-0.2, -0.15) is 0 Å². The second-order valence-electron chi connectivity index (χ2n) is 5.52. The lowest BCUT2D eigenvalue weighted by Crippen LogP contribution is -2.49. The quantitative estimate of drug-likeness (QED) is 0.685. The summed E-state index contributed by atoms with van der Waals surface area (Å²) in [4.78, 5) is 23.7. The number of carbonyl (C=O) groups is 2. The number of amides is 2. The molecule has 5 nitrogen and oxygen atoms in total. The third-order valence-electron chi connectivity index (χ3n) is 3.27. The van der Waals surface area contributed by atoms with Gasteiger partial charge in [0.2, 0.25) is 11.8 Å². The lowest BCUT2D eigenvalue weighted by molar-refractivity contribution is -0.131. The number of hydrogen-bond donors (Lipinski definition) is 3. The van der Waals surface area contributed by atoms with Crippen molar-refractivity contribution < 1.29 is 9.59 Å². The maximum absolute atomic E-state index is 12.0. The first-order chi connectivity index (χ1) is 8.40. The van der Waals surface area contributed by atoms with E-state index in [0.29, 0.717) is 0 Å². The fourth-order valence-corrected chi connectivity index (χ4v) is 2.27. The first kappa shape index (κ1) is 15.0. The summed E-state index contributed by atoms with van der Waals surface area (Å²) in [5.74, 6) is -0.224. The zero-order valence-corrected chi connectivity index (χ0v) is 11.5. The molecule has 1 aliphatic carbocycles. The van der Waals surface area contributed by atoms with E-state index >= 15 is 0 Å². The van der Waals surface area contributed by atoms with E-state index in [1.54, 1.807) is 6.92 Å². The van der Waals surface area contributed by atoms with Gasteiger partial charge in [-0.3, -0.25) is 9.59 Å². The predicted octanol–water partition coefficient (Wildman–Crippen LogP) is 0.533. The summed E-state index contributed by atoms with van der Waals surface area (Å²) in [6, 6.07) is -0.285. The Morgan fingerprint density at radius 1 is 1.17 bits per heavy atom. The molecule has 104 valence electrons. The van der Waals surface area contributed by atoms with Crippen molar-refractivity contribution in [3.63, 3.8) is 0 Å². The van der Waals surface area contributed by atoms with Crippen molar-refractivity contribution in [1.82, 2.24) is 10.6 Å². The second kappa shape index (κ2) is 6.73. The topological polar surface area (TPSA) is 84.2 Å². The van der Waals surface area contributed by atoms with Crippen molar-refractivity contribution in [2.75, 3.05) is 0 Å². The van der Waals surface area contributed by atoms with Gasteiger partial charge >= 0.3 is 0 Å². The normalized spacial score (nSPS) is 25.6. The lowest BCUT2D eigenvalue weighted by atomic mass is 9.85. The highest BCUT2D eigenvalue weighted by atomic mass is 16.2. The minimum atomic E-state index is -0.488. The highest BCUT2D eigenvalue weighted by molar-refractivity contribution is 5.88. The van der Waals surface area contributed by atoms with Crippen LogP contribution in [0.5, 0.6) is 0 Å². The van der Waals surface area contributed by atoms with Crippen LogP contribution in [0.3, 0.4) is 0 Å². The van der Waals surface area contributed by atoms with E-state index in [1.165, 1.54) is 0 Å². The van der Waals surface area contributed by atoms with Crippen LogP contribution in [0, 0.1) is 5.92 Å². The van der Waals surface area contributed by atoms with Gasteiger partial charge in [0.15, 0.2) is 0 Å². The molecule has 3 atom stereocenters. The Balaban J connectivity index is 2.41. The zero-order valence-electron chi connectivity index (χ0n) is 11.5. The number of nitrogens with two attached hydrogens (primary N) is 1. The van der Waals surface area contributed by atoms with Crippen molar-refractivity contribution in [3.05, 3.63) is 0 Å². The maximum Gasteiger partial charge on any atom is 0.242 e. The Kier molecular flexibility index (Phi) is 5.59. The van der Waals surface area contributed by atoms with E-state index in [-0.39, 0.29) is 29.8 Å². The lowest BCUT2D eigenvalue weighted by Gasteiger charge is -2.27. The van der Waals surface area contributed by atoms with Gasteiger partial charge in [0.25, 0.3) is 0 Å². The largest absolute Gasteiger partial charge is 0.352 e. The SMILES string of the molecule is CC(C)NC(=O)C(C)NC(=O)C1CCCC(N)C1. The van der Waals surface area contributed by atoms with Crippen molar-refractivity contribution in [2.24, 2.45) is 11.7 Å². The van der Waals surface area contributed by atoms with E-state index < -0.39 is 6.04 Å². The molecule has 0 bridgehead atoms. The average Bonchev–Trinajstić information content (AvgIpc) is 2.27. The summed E-state index contributed by atoms with van der Waals surface area (Å²) in [5, 5.41) is 5.55. The fourth-order valence-electron chi connectivity index (χ4n) is 2.27. The molecular formula is C13H25N3O2. The molecule has 5 heteroatoms. The first-order valence-electron chi connectivity index (χ1n) is 6.76. The number of carbonyl (C=O) groups excluding carboxylic acids is 2. The van der Waals surface area contributed by atoms with Crippen LogP contribution in [-0.4, -0.2) is 29.9 Å². The van der Waals surface area contributed by atoms with Crippen LogP contribution in [0.4, 0.5) is 0 Å². The molecule has 0 aliphatic heterocycles. The van der Waals surface area contributed by atoms with Crippen molar-refractivity contribution >= 4 is 11.8 Å². The smallest absolute Gasteiger partial charge is 0.242 e. The van der Waals surface area contributed by atoms with E-state index in [4.69, 9.17) is 5.73 Å². The van der Waals surface area contributed by atoms with E-state index in [9.17, 15) is 9.59 Å². The van der Waals surface area contributed by atoms with Gasteiger partial charge in [0.1, 0.15) is 6.04 Å².